The lowest BCUT2D eigenvalue weighted by Gasteiger charge is -2.38. The molecule has 1 aromatic carbocycles. The number of hydrogen-bond acceptors (Lipinski definition) is 4. The molecule has 1 heterocycles. The maximum absolute atomic E-state index is 6.95. The van der Waals surface area contributed by atoms with Crippen molar-refractivity contribution in [3.63, 3.8) is 0 Å². The molecular formula is C54H99BrO4Si. The molecule has 0 saturated heterocycles. The van der Waals surface area contributed by atoms with Crippen molar-refractivity contribution < 1.29 is 18.3 Å². The number of benzene rings is 1. The third-order valence-corrected chi connectivity index (χ3v) is 15.6. The van der Waals surface area contributed by atoms with Crippen molar-refractivity contribution >= 4 is 24.5 Å². The van der Waals surface area contributed by atoms with Crippen molar-refractivity contribution in [2.75, 3.05) is 11.9 Å². The topological polar surface area (TPSA) is 36.9 Å². The van der Waals surface area contributed by atoms with Crippen molar-refractivity contribution in [2.24, 2.45) is 17.8 Å². The van der Waals surface area contributed by atoms with Gasteiger partial charge in [0.25, 0.3) is 0 Å². The molecule has 1 aliphatic rings. The summed E-state index contributed by atoms with van der Waals surface area (Å²) in [6.07, 6.45) is 41.2. The van der Waals surface area contributed by atoms with Crippen molar-refractivity contribution in [2.45, 2.75) is 267 Å². The molecule has 1 aromatic rings. The van der Waals surface area contributed by atoms with E-state index in [4.69, 9.17) is 18.3 Å². The van der Waals surface area contributed by atoms with Crippen LogP contribution in [-0.2, 0) is 15.3 Å². The third kappa shape index (κ3) is 25.5. The summed E-state index contributed by atoms with van der Waals surface area (Å²) in [6, 6.07) is 2.28. The van der Waals surface area contributed by atoms with Gasteiger partial charge in [-0.05, 0) is 145 Å². The first-order valence-electron chi connectivity index (χ1n) is 25.8. The predicted molar refractivity (Wildman–Crippen MR) is 269 cm³/mol. The van der Waals surface area contributed by atoms with Gasteiger partial charge in [-0.25, -0.2) is 0 Å². The van der Waals surface area contributed by atoms with Gasteiger partial charge in [0.15, 0.2) is 6.29 Å². The maximum Gasteiger partial charge on any atom is 0.334 e. The first-order valence-corrected chi connectivity index (χ1v) is 29.7. The second kappa shape index (κ2) is 32.8. The lowest BCUT2D eigenvalue weighted by Crippen LogP contribution is -2.41. The fraction of sp³-hybridized carbons (Fsp3) is 0.852. The van der Waals surface area contributed by atoms with E-state index < -0.39 is 8.56 Å². The van der Waals surface area contributed by atoms with Gasteiger partial charge < -0.3 is 18.3 Å². The van der Waals surface area contributed by atoms with Gasteiger partial charge in [0.2, 0.25) is 0 Å². The Morgan fingerprint density at radius 3 is 1.90 bits per heavy atom. The van der Waals surface area contributed by atoms with E-state index in [0.717, 1.165) is 79.7 Å². The summed E-state index contributed by atoms with van der Waals surface area (Å²) in [5.74, 6) is 4.55. The van der Waals surface area contributed by atoms with Crippen LogP contribution in [-0.4, -0.2) is 32.4 Å². The molecule has 4 atom stereocenters. The van der Waals surface area contributed by atoms with Crippen molar-refractivity contribution in [1.29, 1.82) is 0 Å². The number of fused-ring (bicyclic) bond motifs is 1. The highest BCUT2D eigenvalue weighted by Crippen LogP contribution is 2.43. The van der Waals surface area contributed by atoms with Gasteiger partial charge in [-0.2, -0.15) is 0 Å². The van der Waals surface area contributed by atoms with Crippen LogP contribution in [0.5, 0.6) is 11.5 Å². The Hall–Kier alpha value is -0.823. The molecule has 60 heavy (non-hydrogen) atoms. The predicted octanol–water partition coefficient (Wildman–Crippen LogP) is 18.3. The number of allylic oxidation sites excluding steroid dienone is 2. The smallest absolute Gasteiger partial charge is 0.334 e. The zero-order valence-electron chi connectivity index (χ0n) is 41.5. The molecule has 0 amide bonds. The van der Waals surface area contributed by atoms with E-state index in [1.807, 2.05) is 0 Å². The van der Waals surface area contributed by atoms with E-state index in [1.165, 1.54) is 164 Å². The second-order valence-electron chi connectivity index (χ2n) is 20.4. The molecule has 1 aliphatic heterocycles. The largest absolute Gasteiger partial charge is 0.487 e. The lowest BCUT2D eigenvalue weighted by atomic mass is 9.85. The summed E-state index contributed by atoms with van der Waals surface area (Å²) >= 11 is 3.56. The van der Waals surface area contributed by atoms with Crippen molar-refractivity contribution in [1.82, 2.24) is 0 Å². The Morgan fingerprint density at radius 2 is 1.27 bits per heavy atom. The molecule has 0 saturated carbocycles. The molecule has 0 N–H and O–H groups in total. The molecule has 6 heteroatoms. The third-order valence-electron chi connectivity index (χ3n) is 13.3. The van der Waals surface area contributed by atoms with E-state index in [1.54, 1.807) is 0 Å². The Morgan fingerprint density at radius 1 is 0.700 bits per heavy atom. The molecule has 2 rings (SSSR count). The molecule has 0 aromatic heterocycles. The fourth-order valence-electron chi connectivity index (χ4n) is 8.94. The first-order chi connectivity index (χ1) is 28.8. The van der Waals surface area contributed by atoms with Crippen LogP contribution in [0.15, 0.2) is 18.2 Å². The number of hydrogen-bond donors (Lipinski definition) is 0. The summed E-state index contributed by atoms with van der Waals surface area (Å²) in [6.45, 7) is 23.9. The standard InChI is InChI=1S/C54H99BrO4Si/c1-11-12-13-14-15-16-17-18-19-20-21-22-23-24-27-38-52(59-60(9,10)56-43-29-26-25-28-42-55)57-51-44-50-39-41-54(8,58-53(50)49(7)48(51)6)40-32-37-47(5)36-31-35-46(4)34-30-33-45(2)3/h18-19,44-47,52H,11-17,20-43H2,1-10H3/b19-18-. The average molecular weight is 920 g/mol. The van der Waals surface area contributed by atoms with Crippen LogP contribution in [0.25, 0.3) is 0 Å². The molecular weight excluding hydrogens is 821 g/mol. The second-order valence-corrected chi connectivity index (χ2v) is 24.5. The minimum atomic E-state index is -2.39. The highest BCUT2D eigenvalue weighted by Gasteiger charge is 2.34. The maximum atomic E-state index is 6.95. The van der Waals surface area contributed by atoms with Crippen LogP contribution in [0.3, 0.4) is 0 Å². The molecule has 0 fully saturated rings. The quantitative estimate of drug-likeness (QED) is 0.0218. The monoisotopic (exact) mass is 919 g/mol. The number of halogens is 1. The summed E-state index contributed by atoms with van der Waals surface area (Å²) in [5, 5.41) is 1.08. The van der Waals surface area contributed by atoms with E-state index in [9.17, 15) is 0 Å². The SMILES string of the molecule is CCCCCCCC/C=C\CCCCCCCC(Oc1cc2c(c(C)c1C)OC(C)(CCCC(C)CCCC(C)CCCC(C)C)CC2)O[Si](C)(C)OCCCCCCBr. The number of aryl methyl sites for hydroxylation is 1. The van der Waals surface area contributed by atoms with E-state index in [-0.39, 0.29) is 11.9 Å². The van der Waals surface area contributed by atoms with Crippen LogP contribution < -0.4 is 9.47 Å². The fourth-order valence-corrected chi connectivity index (χ4v) is 10.8. The zero-order chi connectivity index (χ0) is 44.1. The summed E-state index contributed by atoms with van der Waals surface area (Å²) in [7, 11) is -2.39. The Bertz CT molecular complexity index is 1250. The number of unbranched alkanes of at least 4 members (excludes halogenated alkanes) is 14. The summed E-state index contributed by atoms with van der Waals surface area (Å²) in [4.78, 5) is 0. The van der Waals surface area contributed by atoms with Gasteiger partial charge in [0, 0.05) is 18.4 Å². The van der Waals surface area contributed by atoms with Gasteiger partial charge >= 0.3 is 8.56 Å². The first kappa shape index (κ1) is 55.3. The summed E-state index contributed by atoms with van der Waals surface area (Å²) < 4.78 is 27.1. The highest BCUT2D eigenvalue weighted by molar-refractivity contribution is 9.09. The van der Waals surface area contributed by atoms with Crippen molar-refractivity contribution in [3.8, 4) is 11.5 Å². The lowest BCUT2D eigenvalue weighted by molar-refractivity contribution is -0.0312. The van der Waals surface area contributed by atoms with Gasteiger partial charge in [0.05, 0.1) is 0 Å². The number of rotatable bonds is 38. The van der Waals surface area contributed by atoms with E-state index >= 15 is 0 Å². The van der Waals surface area contributed by atoms with Crippen LogP contribution >= 0.6 is 15.9 Å². The Kier molecular flexibility index (Phi) is 30.2. The molecule has 0 aliphatic carbocycles. The van der Waals surface area contributed by atoms with Gasteiger partial charge in [-0.15, -0.1) is 0 Å². The van der Waals surface area contributed by atoms with Gasteiger partial charge in [-0.3, -0.25) is 0 Å². The van der Waals surface area contributed by atoms with Gasteiger partial charge in [0.1, 0.15) is 17.1 Å². The van der Waals surface area contributed by atoms with Crippen LogP contribution in [0.1, 0.15) is 238 Å². The number of alkyl halides is 1. The average Bonchev–Trinajstić information content (AvgIpc) is 3.19. The zero-order valence-corrected chi connectivity index (χ0v) is 44.1. The molecule has 0 bridgehead atoms. The normalized spacial score (nSPS) is 17.3. The molecule has 0 radical (unpaired) electrons. The highest BCUT2D eigenvalue weighted by atomic mass is 79.9. The Labute approximate surface area is 383 Å². The molecule has 350 valence electrons. The van der Waals surface area contributed by atoms with E-state index in [2.05, 4.69) is 103 Å². The molecule has 4 unspecified atom stereocenters. The van der Waals surface area contributed by atoms with Crippen LogP contribution in [0.4, 0.5) is 0 Å². The van der Waals surface area contributed by atoms with Gasteiger partial charge in [-0.1, -0.05) is 172 Å². The van der Waals surface area contributed by atoms with Crippen LogP contribution in [0, 0.1) is 31.6 Å². The minimum Gasteiger partial charge on any atom is -0.487 e. The number of ether oxygens (including phenoxy) is 2. The van der Waals surface area contributed by atoms with Crippen LogP contribution in [0.2, 0.25) is 13.1 Å². The van der Waals surface area contributed by atoms with E-state index in [0.29, 0.717) is 0 Å². The summed E-state index contributed by atoms with van der Waals surface area (Å²) in [5.41, 5.74) is 3.58. The minimum absolute atomic E-state index is 0.103. The Balaban J connectivity index is 1.91. The molecule has 0 spiro atoms. The molecule has 4 nitrogen and oxygen atoms in total. The van der Waals surface area contributed by atoms with Crippen molar-refractivity contribution in [3.05, 3.63) is 34.9 Å².